The van der Waals surface area contributed by atoms with Gasteiger partial charge in [-0.15, -0.1) is 12.4 Å². The van der Waals surface area contributed by atoms with E-state index in [0.717, 1.165) is 32.4 Å². The Morgan fingerprint density at radius 3 is 2.42 bits per heavy atom. The molecule has 0 unspecified atom stereocenters. The van der Waals surface area contributed by atoms with Gasteiger partial charge in [0.1, 0.15) is 0 Å². The second kappa shape index (κ2) is 7.51. The molecule has 0 radical (unpaired) electrons. The van der Waals surface area contributed by atoms with Crippen LogP contribution in [-0.4, -0.2) is 29.9 Å². The van der Waals surface area contributed by atoms with Gasteiger partial charge >= 0.3 is 0 Å². The number of hydrogen-bond donors (Lipinski definition) is 1. The molecule has 19 heavy (non-hydrogen) atoms. The first-order valence-corrected chi connectivity index (χ1v) is 6.74. The van der Waals surface area contributed by atoms with E-state index < -0.39 is 0 Å². The highest BCUT2D eigenvalue weighted by atomic mass is 35.5. The molecule has 1 aliphatic rings. The Labute approximate surface area is 121 Å². The number of aryl methyl sites for hydroxylation is 2. The number of benzene rings is 1. The third-order valence-electron chi connectivity index (χ3n) is 3.64. The maximum atomic E-state index is 12.0. The van der Waals surface area contributed by atoms with Gasteiger partial charge < -0.3 is 10.6 Å². The Balaban J connectivity index is 0.00000180. The average molecular weight is 283 g/mol. The molecule has 0 saturated carbocycles. The second-order valence-corrected chi connectivity index (χ2v) is 5.20. The summed E-state index contributed by atoms with van der Waals surface area (Å²) < 4.78 is 0. The van der Waals surface area contributed by atoms with Crippen molar-refractivity contribution < 1.29 is 4.79 Å². The lowest BCUT2D eigenvalue weighted by Crippen LogP contribution is -2.42. The summed E-state index contributed by atoms with van der Waals surface area (Å²) in [6.07, 6.45) is 3.33. The molecule has 0 atom stereocenters. The van der Waals surface area contributed by atoms with Gasteiger partial charge in [0.25, 0.3) is 0 Å². The molecule has 1 aromatic carbocycles. The maximum absolute atomic E-state index is 12.0. The minimum absolute atomic E-state index is 0. The number of piperidine rings is 1. The van der Waals surface area contributed by atoms with E-state index in [0.29, 0.717) is 6.42 Å². The van der Waals surface area contributed by atoms with Crippen molar-refractivity contribution in [3.63, 3.8) is 0 Å². The topological polar surface area (TPSA) is 46.3 Å². The van der Waals surface area contributed by atoms with Crippen molar-refractivity contribution in [2.45, 2.75) is 38.6 Å². The van der Waals surface area contributed by atoms with Crippen LogP contribution in [0.25, 0.3) is 0 Å². The molecule has 106 valence electrons. The second-order valence-electron chi connectivity index (χ2n) is 5.20. The van der Waals surface area contributed by atoms with Gasteiger partial charge in [0.15, 0.2) is 0 Å². The van der Waals surface area contributed by atoms with E-state index in [-0.39, 0.29) is 24.4 Å². The third-order valence-corrected chi connectivity index (χ3v) is 3.64. The highest BCUT2D eigenvalue weighted by Crippen LogP contribution is 2.12. The van der Waals surface area contributed by atoms with Gasteiger partial charge in [0.05, 0.1) is 0 Å². The molecule has 1 saturated heterocycles. The number of amides is 1. The average Bonchev–Trinajstić information content (AvgIpc) is 2.38. The number of rotatable bonds is 3. The molecule has 2 rings (SSSR count). The molecule has 1 fully saturated rings. The zero-order valence-corrected chi connectivity index (χ0v) is 12.3. The number of nitrogens with two attached hydrogens (primary N) is 1. The van der Waals surface area contributed by atoms with Gasteiger partial charge in [0, 0.05) is 25.6 Å². The first kappa shape index (κ1) is 16.0. The third kappa shape index (κ3) is 4.84. The molecule has 1 heterocycles. The summed E-state index contributed by atoms with van der Waals surface area (Å²) in [6.45, 7) is 3.73. The van der Waals surface area contributed by atoms with E-state index in [1.165, 1.54) is 11.1 Å². The summed E-state index contributed by atoms with van der Waals surface area (Å²) in [7, 11) is 0. The number of nitrogens with zero attached hydrogens (tertiary/aromatic N) is 1. The Bertz CT molecular complexity index is 397. The number of halogens is 1. The standard InChI is InChI=1S/C15H22N2O.ClH/c1-12-2-4-13(5-3-12)6-7-15(18)17-10-8-14(16)9-11-17;/h2-5,14H,6-11,16H2,1H3;1H. The first-order valence-electron chi connectivity index (χ1n) is 6.74. The van der Waals surface area contributed by atoms with Crippen molar-refractivity contribution in [2.75, 3.05) is 13.1 Å². The summed E-state index contributed by atoms with van der Waals surface area (Å²) >= 11 is 0. The lowest BCUT2D eigenvalue weighted by Gasteiger charge is -2.30. The minimum atomic E-state index is 0. The van der Waals surface area contributed by atoms with E-state index in [4.69, 9.17) is 5.73 Å². The molecule has 1 amide bonds. The lowest BCUT2D eigenvalue weighted by atomic mass is 10.0. The van der Waals surface area contributed by atoms with Crippen LogP contribution in [-0.2, 0) is 11.2 Å². The lowest BCUT2D eigenvalue weighted by molar-refractivity contribution is -0.132. The predicted molar refractivity (Wildman–Crippen MR) is 80.5 cm³/mol. The summed E-state index contributed by atoms with van der Waals surface area (Å²) in [6, 6.07) is 8.69. The van der Waals surface area contributed by atoms with Crippen molar-refractivity contribution in [3.05, 3.63) is 35.4 Å². The zero-order chi connectivity index (χ0) is 13.0. The van der Waals surface area contributed by atoms with Crippen molar-refractivity contribution in [1.29, 1.82) is 0 Å². The smallest absolute Gasteiger partial charge is 0.222 e. The number of hydrogen-bond acceptors (Lipinski definition) is 2. The predicted octanol–water partition coefficient (Wildman–Crippen LogP) is 2.30. The molecular formula is C15H23ClN2O. The van der Waals surface area contributed by atoms with Crippen LogP contribution in [0.15, 0.2) is 24.3 Å². The largest absolute Gasteiger partial charge is 0.343 e. The molecule has 0 aromatic heterocycles. The van der Waals surface area contributed by atoms with Crippen molar-refractivity contribution in [3.8, 4) is 0 Å². The van der Waals surface area contributed by atoms with Crippen LogP contribution in [0.3, 0.4) is 0 Å². The molecule has 3 nitrogen and oxygen atoms in total. The SMILES string of the molecule is Cc1ccc(CCC(=O)N2CCC(N)CC2)cc1.Cl. The number of carbonyl (C=O) groups excluding carboxylic acids is 1. The normalized spacial score (nSPS) is 16.0. The van der Waals surface area contributed by atoms with Gasteiger partial charge in [0.2, 0.25) is 5.91 Å². The molecule has 0 aliphatic carbocycles. The van der Waals surface area contributed by atoms with Crippen LogP contribution in [0.1, 0.15) is 30.4 Å². The van der Waals surface area contributed by atoms with Gasteiger partial charge in [-0.3, -0.25) is 4.79 Å². The Kier molecular flexibility index (Phi) is 6.32. The Morgan fingerprint density at radius 1 is 1.26 bits per heavy atom. The van der Waals surface area contributed by atoms with Crippen molar-refractivity contribution in [2.24, 2.45) is 5.73 Å². The van der Waals surface area contributed by atoms with Crippen LogP contribution < -0.4 is 5.73 Å². The van der Waals surface area contributed by atoms with Crippen LogP contribution in [0, 0.1) is 6.92 Å². The number of likely N-dealkylation sites (tertiary alicyclic amines) is 1. The fraction of sp³-hybridized carbons (Fsp3) is 0.533. The molecule has 0 spiro atoms. The fourth-order valence-electron chi connectivity index (χ4n) is 2.31. The zero-order valence-electron chi connectivity index (χ0n) is 11.5. The van der Waals surface area contributed by atoms with Crippen molar-refractivity contribution >= 4 is 18.3 Å². The molecule has 2 N–H and O–H groups in total. The van der Waals surface area contributed by atoms with E-state index in [1.54, 1.807) is 0 Å². The Hall–Kier alpha value is -1.06. The fourth-order valence-corrected chi connectivity index (χ4v) is 2.31. The summed E-state index contributed by atoms with van der Waals surface area (Å²) in [5.74, 6) is 0.266. The van der Waals surface area contributed by atoms with E-state index in [2.05, 4.69) is 31.2 Å². The van der Waals surface area contributed by atoms with Crippen LogP contribution in [0.2, 0.25) is 0 Å². The Morgan fingerprint density at radius 2 is 1.84 bits per heavy atom. The maximum Gasteiger partial charge on any atom is 0.222 e. The van der Waals surface area contributed by atoms with E-state index >= 15 is 0 Å². The number of carbonyl (C=O) groups is 1. The van der Waals surface area contributed by atoms with Crippen molar-refractivity contribution in [1.82, 2.24) is 4.90 Å². The van der Waals surface area contributed by atoms with Gasteiger partial charge in [-0.1, -0.05) is 29.8 Å². The minimum Gasteiger partial charge on any atom is -0.343 e. The van der Waals surface area contributed by atoms with E-state index in [9.17, 15) is 4.79 Å². The van der Waals surface area contributed by atoms with Gasteiger partial charge in [-0.05, 0) is 31.7 Å². The summed E-state index contributed by atoms with van der Waals surface area (Å²) in [5.41, 5.74) is 8.34. The van der Waals surface area contributed by atoms with Gasteiger partial charge in [-0.25, -0.2) is 0 Å². The highest BCUT2D eigenvalue weighted by Gasteiger charge is 2.19. The molecule has 4 heteroatoms. The monoisotopic (exact) mass is 282 g/mol. The quantitative estimate of drug-likeness (QED) is 0.925. The molecule has 1 aliphatic heterocycles. The van der Waals surface area contributed by atoms with E-state index in [1.807, 2.05) is 4.90 Å². The van der Waals surface area contributed by atoms with Crippen LogP contribution >= 0.6 is 12.4 Å². The summed E-state index contributed by atoms with van der Waals surface area (Å²) in [4.78, 5) is 14.0. The highest BCUT2D eigenvalue weighted by molar-refractivity contribution is 5.85. The van der Waals surface area contributed by atoms with Crippen LogP contribution in [0.5, 0.6) is 0 Å². The summed E-state index contributed by atoms with van der Waals surface area (Å²) in [5, 5.41) is 0. The van der Waals surface area contributed by atoms with Gasteiger partial charge in [-0.2, -0.15) is 0 Å². The molecular weight excluding hydrogens is 260 g/mol. The molecule has 1 aromatic rings. The first-order chi connectivity index (χ1) is 8.65. The molecule has 0 bridgehead atoms. The van der Waals surface area contributed by atoms with Crippen LogP contribution in [0.4, 0.5) is 0 Å².